The van der Waals surface area contributed by atoms with Crippen LogP contribution in [0.1, 0.15) is 59.3 Å². The molecule has 0 bridgehead atoms. The molecule has 1 aromatic heterocycles. The van der Waals surface area contributed by atoms with E-state index in [-0.39, 0.29) is 36.8 Å². The largest absolute Gasteiger partial charge is 0.352 e. The van der Waals surface area contributed by atoms with Gasteiger partial charge in [0.15, 0.2) is 0 Å². The molecule has 3 N–H and O–H groups in total. The second-order valence-electron chi connectivity index (χ2n) is 6.87. The minimum Gasteiger partial charge on any atom is -0.352 e. The number of pyridine rings is 1. The smallest absolute Gasteiger partial charge is 0.252 e. The molecule has 0 radical (unpaired) electrons. The molecule has 25 heavy (non-hydrogen) atoms. The van der Waals surface area contributed by atoms with Crippen LogP contribution >= 0.6 is 24.8 Å². The molecule has 1 fully saturated rings. The SMILES string of the molecule is Cc1cc(C)c2nc(C3CC3)cc(C(=O)NCCC(C)N)c2c1.Cl.Cl. The van der Waals surface area contributed by atoms with Crippen LogP contribution < -0.4 is 11.1 Å². The van der Waals surface area contributed by atoms with E-state index in [2.05, 4.69) is 31.3 Å². The molecule has 1 aliphatic rings. The fourth-order valence-electron chi connectivity index (χ4n) is 2.99. The second-order valence-corrected chi connectivity index (χ2v) is 6.87. The summed E-state index contributed by atoms with van der Waals surface area (Å²) in [5.41, 5.74) is 10.8. The van der Waals surface area contributed by atoms with Crippen LogP contribution in [0.4, 0.5) is 0 Å². The van der Waals surface area contributed by atoms with Crippen molar-refractivity contribution in [3.8, 4) is 0 Å². The van der Waals surface area contributed by atoms with Gasteiger partial charge in [-0.2, -0.15) is 0 Å². The maximum atomic E-state index is 12.7. The molecule has 2 aromatic rings. The van der Waals surface area contributed by atoms with Gasteiger partial charge in [0, 0.05) is 29.6 Å². The number of benzene rings is 1. The van der Waals surface area contributed by atoms with E-state index in [0.717, 1.165) is 39.7 Å². The lowest BCUT2D eigenvalue weighted by Crippen LogP contribution is -2.29. The molecule has 138 valence electrons. The van der Waals surface area contributed by atoms with E-state index < -0.39 is 0 Å². The highest BCUT2D eigenvalue weighted by Crippen LogP contribution is 2.40. The average Bonchev–Trinajstić information content (AvgIpc) is 3.30. The lowest BCUT2D eigenvalue weighted by Gasteiger charge is -2.13. The summed E-state index contributed by atoms with van der Waals surface area (Å²) in [7, 11) is 0. The molecule has 1 atom stereocenters. The first-order chi connectivity index (χ1) is 11.0. The predicted octanol–water partition coefficient (Wildman–Crippen LogP) is 4.04. The molecule has 0 spiro atoms. The van der Waals surface area contributed by atoms with E-state index in [9.17, 15) is 4.79 Å². The first kappa shape index (κ1) is 21.7. The molecule has 0 saturated heterocycles. The van der Waals surface area contributed by atoms with E-state index in [1.165, 1.54) is 12.8 Å². The van der Waals surface area contributed by atoms with Crippen LogP contribution in [0, 0.1) is 13.8 Å². The lowest BCUT2D eigenvalue weighted by atomic mass is 10.00. The van der Waals surface area contributed by atoms with Gasteiger partial charge in [0.1, 0.15) is 0 Å². The van der Waals surface area contributed by atoms with Crippen LogP contribution in [0.25, 0.3) is 10.9 Å². The van der Waals surface area contributed by atoms with Crippen molar-refractivity contribution in [2.24, 2.45) is 5.73 Å². The number of nitrogens with zero attached hydrogens (tertiary/aromatic N) is 1. The summed E-state index contributed by atoms with van der Waals surface area (Å²) in [6, 6.07) is 6.27. The minimum absolute atomic E-state index is 0. The monoisotopic (exact) mass is 383 g/mol. The first-order valence-corrected chi connectivity index (χ1v) is 8.41. The topological polar surface area (TPSA) is 68.0 Å². The van der Waals surface area contributed by atoms with Crippen molar-refractivity contribution in [3.05, 3.63) is 40.6 Å². The molecule has 1 amide bonds. The van der Waals surface area contributed by atoms with Gasteiger partial charge in [0.25, 0.3) is 5.91 Å². The van der Waals surface area contributed by atoms with Gasteiger partial charge in [-0.3, -0.25) is 9.78 Å². The molecule has 1 saturated carbocycles. The van der Waals surface area contributed by atoms with Crippen molar-refractivity contribution in [1.82, 2.24) is 10.3 Å². The highest BCUT2D eigenvalue weighted by Gasteiger charge is 2.27. The Kier molecular flexibility index (Phi) is 7.66. The molecular formula is C19H27Cl2N3O. The molecule has 1 heterocycles. The Morgan fingerprint density at radius 1 is 1.28 bits per heavy atom. The number of fused-ring (bicyclic) bond motifs is 1. The van der Waals surface area contributed by atoms with E-state index >= 15 is 0 Å². The standard InChI is InChI=1S/C19H25N3O.2ClH/c1-11-8-12(2)18-15(9-11)16(10-17(22-18)14-4-5-14)19(23)21-7-6-13(3)20;;/h8-10,13-14H,4-7,20H2,1-3H3,(H,21,23);2*1H. The molecule has 6 heteroatoms. The van der Waals surface area contributed by atoms with Gasteiger partial charge in [-0.05, 0) is 57.7 Å². The molecule has 0 aliphatic heterocycles. The van der Waals surface area contributed by atoms with Crippen molar-refractivity contribution in [3.63, 3.8) is 0 Å². The van der Waals surface area contributed by atoms with Gasteiger partial charge in [0.2, 0.25) is 0 Å². The van der Waals surface area contributed by atoms with Crippen LogP contribution in [0.15, 0.2) is 18.2 Å². The number of aryl methyl sites for hydroxylation is 2. The highest BCUT2D eigenvalue weighted by atomic mass is 35.5. The molecular weight excluding hydrogens is 357 g/mol. The third kappa shape index (κ3) is 5.06. The molecule has 1 unspecified atom stereocenters. The number of hydrogen-bond acceptors (Lipinski definition) is 3. The number of carbonyl (C=O) groups is 1. The Labute approximate surface area is 161 Å². The maximum absolute atomic E-state index is 12.7. The van der Waals surface area contributed by atoms with Crippen molar-refractivity contribution in [2.45, 2.75) is 52.0 Å². The summed E-state index contributed by atoms with van der Waals surface area (Å²) in [4.78, 5) is 17.5. The Morgan fingerprint density at radius 3 is 2.56 bits per heavy atom. The lowest BCUT2D eigenvalue weighted by molar-refractivity contribution is 0.0954. The molecule has 1 aliphatic carbocycles. The summed E-state index contributed by atoms with van der Waals surface area (Å²) < 4.78 is 0. The predicted molar refractivity (Wildman–Crippen MR) is 108 cm³/mol. The van der Waals surface area contributed by atoms with Crippen molar-refractivity contribution < 1.29 is 4.79 Å². The fourth-order valence-corrected chi connectivity index (χ4v) is 2.99. The van der Waals surface area contributed by atoms with Crippen LogP contribution in [0.5, 0.6) is 0 Å². The van der Waals surface area contributed by atoms with E-state index in [4.69, 9.17) is 10.7 Å². The normalized spacial score (nSPS) is 14.4. The Morgan fingerprint density at radius 2 is 1.96 bits per heavy atom. The number of halogens is 2. The quantitative estimate of drug-likeness (QED) is 0.818. The Bertz CT molecular complexity index is 758. The molecule has 4 nitrogen and oxygen atoms in total. The number of carbonyl (C=O) groups excluding carboxylic acids is 1. The number of aromatic nitrogens is 1. The van der Waals surface area contributed by atoms with Gasteiger partial charge in [-0.1, -0.05) is 11.6 Å². The Hall–Kier alpha value is -1.36. The van der Waals surface area contributed by atoms with Gasteiger partial charge < -0.3 is 11.1 Å². The summed E-state index contributed by atoms with van der Waals surface area (Å²) in [6.07, 6.45) is 3.13. The highest BCUT2D eigenvalue weighted by molar-refractivity contribution is 6.07. The minimum atomic E-state index is -0.0232. The van der Waals surface area contributed by atoms with Gasteiger partial charge in [-0.25, -0.2) is 0 Å². The number of rotatable bonds is 5. The van der Waals surface area contributed by atoms with E-state index in [1.807, 2.05) is 13.0 Å². The van der Waals surface area contributed by atoms with E-state index in [1.54, 1.807) is 0 Å². The second kappa shape index (κ2) is 8.84. The zero-order valence-electron chi connectivity index (χ0n) is 15.0. The number of nitrogens with two attached hydrogens (primary N) is 1. The van der Waals surface area contributed by atoms with Gasteiger partial charge >= 0.3 is 0 Å². The van der Waals surface area contributed by atoms with Gasteiger partial charge in [-0.15, -0.1) is 24.8 Å². The number of hydrogen-bond donors (Lipinski definition) is 2. The third-order valence-corrected chi connectivity index (χ3v) is 4.39. The van der Waals surface area contributed by atoms with Crippen molar-refractivity contribution in [2.75, 3.05) is 6.54 Å². The first-order valence-electron chi connectivity index (χ1n) is 8.41. The number of nitrogens with one attached hydrogen (secondary N) is 1. The van der Waals surface area contributed by atoms with Crippen LogP contribution in [-0.2, 0) is 0 Å². The summed E-state index contributed by atoms with van der Waals surface area (Å²) in [5, 5.41) is 3.95. The zero-order chi connectivity index (χ0) is 16.6. The third-order valence-electron chi connectivity index (χ3n) is 4.39. The summed E-state index contributed by atoms with van der Waals surface area (Å²) >= 11 is 0. The zero-order valence-corrected chi connectivity index (χ0v) is 16.6. The summed E-state index contributed by atoms with van der Waals surface area (Å²) in [6.45, 7) is 6.67. The Balaban J connectivity index is 0.00000156. The number of amides is 1. The van der Waals surface area contributed by atoms with Crippen LogP contribution in [0.2, 0.25) is 0 Å². The average molecular weight is 384 g/mol. The van der Waals surface area contributed by atoms with Crippen molar-refractivity contribution in [1.29, 1.82) is 0 Å². The fraction of sp³-hybridized carbons (Fsp3) is 0.474. The maximum Gasteiger partial charge on any atom is 0.252 e. The van der Waals surface area contributed by atoms with E-state index in [0.29, 0.717) is 12.5 Å². The van der Waals surface area contributed by atoms with Crippen molar-refractivity contribution >= 4 is 41.6 Å². The molecule has 1 aromatic carbocycles. The van der Waals surface area contributed by atoms with Gasteiger partial charge in [0.05, 0.1) is 11.1 Å². The van der Waals surface area contributed by atoms with Crippen LogP contribution in [-0.4, -0.2) is 23.5 Å². The van der Waals surface area contributed by atoms with Crippen LogP contribution in [0.3, 0.4) is 0 Å². The molecule has 3 rings (SSSR count). The summed E-state index contributed by atoms with van der Waals surface area (Å²) in [5.74, 6) is 0.501.